The van der Waals surface area contributed by atoms with Crippen LogP contribution in [0.2, 0.25) is 0 Å². The van der Waals surface area contributed by atoms with E-state index in [1.54, 1.807) is 6.20 Å². The second-order valence-corrected chi connectivity index (χ2v) is 2.82. The molecule has 0 bridgehead atoms. The van der Waals surface area contributed by atoms with Gasteiger partial charge in [0.05, 0.1) is 6.17 Å². The van der Waals surface area contributed by atoms with Crippen LogP contribution in [0, 0.1) is 0 Å². The molecule has 2 heterocycles. The zero-order chi connectivity index (χ0) is 7.68. The van der Waals surface area contributed by atoms with Crippen molar-refractivity contribution < 1.29 is 0 Å². The van der Waals surface area contributed by atoms with Gasteiger partial charge in [0.25, 0.3) is 0 Å². The van der Waals surface area contributed by atoms with Gasteiger partial charge in [-0.1, -0.05) is 0 Å². The summed E-state index contributed by atoms with van der Waals surface area (Å²) in [5.74, 6) is 0. The Hall–Kier alpha value is -1.09. The lowest BCUT2D eigenvalue weighted by Crippen LogP contribution is -2.33. The van der Waals surface area contributed by atoms with E-state index in [2.05, 4.69) is 10.3 Å². The van der Waals surface area contributed by atoms with Crippen LogP contribution in [0.5, 0.6) is 0 Å². The van der Waals surface area contributed by atoms with Crippen molar-refractivity contribution in [1.82, 2.24) is 4.98 Å². The minimum atomic E-state index is 0.116. The molecular formula is C8H11N3. The van der Waals surface area contributed by atoms with E-state index in [4.69, 9.17) is 5.73 Å². The van der Waals surface area contributed by atoms with Crippen molar-refractivity contribution in [3.8, 4) is 0 Å². The number of hydrogen-bond donors (Lipinski definition) is 2. The van der Waals surface area contributed by atoms with Gasteiger partial charge in [0, 0.05) is 18.1 Å². The largest absolute Gasteiger partial charge is 0.370 e. The van der Waals surface area contributed by atoms with Gasteiger partial charge in [0.15, 0.2) is 0 Å². The molecule has 11 heavy (non-hydrogen) atoms. The monoisotopic (exact) mass is 149 g/mol. The summed E-state index contributed by atoms with van der Waals surface area (Å²) in [6.07, 6.45) is 5.83. The first-order valence-corrected chi connectivity index (χ1v) is 3.81. The number of anilines is 1. The maximum absolute atomic E-state index is 5.72. The smallest absolute Gasteiger partial charge is 0.0746 e. The maximum Gasteiger partial charge on any atom is 0.0746 e. The molecule has 0 saturated carbocycles. The molecule has 1 aromatic heterocycles. The van der Waals surface area contributed by atoms with E-state index in [1.807, 2.05) is 12.3 Å². The lowest BCUT2D eigenvalue weighted by molar-refractivity contribution is 0.654. The summed E-state index contributed by atoms with van der Waals surface area (Å²) in [6, 6.07) is 1.97. The Morgan fingerprint density at radius 3 is 3.45 bits per heavy atom. The number of rotatable bonds is 0. The van der Waals surface area contributed by atoms with E-state index < -0.39 is 0 Å². The topological polar surface area (TPSA) is 50.9 Å². The molecule has 3 nitrogen and oxygen atoms in total. The summed E-state index contributed by atoms with van der Waals surface area (Å²) >= 11 is 0. The summed E-state index contributed by atoms with van der Waals surface area (Å²) < 4.78 is 0. The Labute approximate surface area is 65.6 Å². The molecule has 0 amide bonds. The summed E-state index contributed by atoms with van der Waals surface area (Å²) in [5, 5.41) is 3.20. The summed E-state index contributed by atoms with van der Waals surface area (Å²) in [4.78, 5) is 4.04. The number of aromatic nitrogens is 1. The summed E-state index contributed by atoms with van der Waals surface area (Å²) in [6.45, 7) is 0. The molecule has 0 spiro atoms. The Morgan fingerprint density at radius 2 is 2.55 bits per heavy atom. The van der Waals surface area contributed by atoms with Gasteiger partial charge in [-0.3, -0.25) is 4.98 Å². The number of hydrogen-bond acceptors (Lipinski definition) is 3. The lowest BCUT2D eigenvalue weighted by Gasteiger charge is -2.22. The van der Waals surface area contributed by atoms with Gasteiger partial charge in [0.2, 0.25) is 0 Å². The molecule has 1 aliphatic rings. The van der Waals surface area contributed by atoms with Crippen molar-refractivity contribution in [2.24, 2.45) is 5.73 Å². The van der Waals surface area contributed by atoms with Crippen molar-refractivity contribution in [1.29, 1.82) is 0 Å². The lowest BCUT2D eigenvalue weighted by atomic mass is 10.0. The number of nitrogens with one attached hydrogen (secondary N) is 1. The Bertz CT molecular complexity index is 259. The van der Waals surface area contributed by atoms with Crippen LogP contribution in [-0.4, -0.2) is 11.1 Å². The predicted molar refractivity (Wildman–Crippen MR) is 44.2 cm³/mol. The summed E-state index contributed by atoms with van der Waals surface area (Å²) in [7, 11) is 0. The molecule has 1 atom stereocenters. The highest BCUT2D eigenvalue weighted by molar-refractivity contribution is 5.51. The highest BCUT2D eigenvalue weighted by Crippen LogP contribution is 2.20. The highest BCUT2D eigenvalue weighted by Gasteiger charge is 2.12. The minimum Gasteiger partial charge on any atom is -0.370 e. The van der Waals surface area contributed by atoms with Crippen molar-refractivity contribution in [3.63, 3.8) is 0 Å². The third kappa shape index (κ3) is 1.19. The van der Waals surface area contributed by atoms with E-state index in [0.717, 1.165) is 18.5 Å². The molecule has 2 rings (SSSR count). The first-order chi connectivity index (χ1) is 5.36. The van der Waals surface area contributed by atoms with Crippen LogP contribution in [0.15, 0.2) is 18.5 Å². The fraction of sp³-hybridized carbons (Fsp3) is 0.375. The number of pyridine rings is 1. The van der Waals surface area contributed by atoms with Crippen LogP contribution >= 0.6 is 0 Å². The van der Waals surface area contributed by atoms with E-state index in [1.165, 1.54) is 5.56 Å². The molecule has 0 saturated heterocycles. The Kier molecular flexibility index (Phi) is 1.51. The normalized spacial score (nSPS) is 22.1. The number of nitrogens with zero attached hydrogens (tertiary/aromatic N) is 1. The molecule has 0 aromatic carbocycles. The SMILES string of the molecule is NC1CCc2cnccc2N1. The average molecular weight is 149 g/mol. The third-order valence-electron chi connectivity index (χ3n) is 1.97. The van der Waals surface area contributed by atoms with E-state index >= 15 is 0 Å². The molecule has 3 heteroatoms. The van der Waals surface area contributed by atoms with Gasteiger partial charge in [-0.2, -0.15) is 0 Å². The second kappa shape index (κ2) is 2.51. The van der Waals surface area contributed by atoms with Crippen LogP contribution in [0.1, 0.15) is 12.0 Å². The standard InChI is InChI=1S/C8H11N3/c9-8-2-1-6-5-10-4-3-7(6)11-8/h3-5,8,11H,1-2,9H2. The Balaban J connectivity index is 2.34. The van der Waals surface area contributed by atoms with Gasteiger partial charge >= 0.3 is 0 Å². The number of fused-ring (bicyclic) bond motifs is 1. The molecular weight excluding hydrogens is 138 g/mol. The van der Waals surface area contributed by atoms with E-state index in [9.17, 15) is 0 Å². The minimum absolute atomic E-state index is 0.116. The van der Waals surface area contributed by atoms with E-state index in [-0.39, 0.29) is 6.17 Å². The van der Waals surface area contributed by atoms with Crippen molar-refractivity contribution >= 4 is 5.69 Å². The fourth-order valence-electron chi connectivity index (χ4n) is 1.35. The van der Waals surface area contributed by atoms with Crippen LogP contribution in [-0.2, 0) is 6.42 Å². The first kappa shape index (κ1) is 6.61. The molecule has 1 aliphatic heterocycles. The zero-order valence-corrected chi connectivity index (χ0v) is 6.25. The van der Waals surface area contributed by atoms with Crippen molar-refractivity contribution in [2.75, 3.05) is 5.32 Å². The van der Waals surface area contributed by atoms with Crippen LogP contribution in [0.25, 0.3) is 0 Å². The van der Waals surface area contributed by atoms with Gasteiger partial charge in [-0.25, -0.2) is 0 Å². The van der Waals surface area contributed by atoms with Crippen molar-refractivity contribution in [3.05, 3.63) is 24.0 Å². The van der Waals surface area contributed by atoms with Crippen LogP contribution in [0.3, 0.4) is 0 Å². The molecule has 1 aromatic rings. The number of aryl methyl sites for hydroxylation is 1. The third-order valence-corrected chi connectivity index (χ3v) is 1.97. The van der Waals surface area contributed by atoms with Crippen molar-refractivity contribution in [2.45, 2.75) is 19.0 Å². The molecule has 0 radical (unpaired) electrons. The fourth-order valence-corrected chi connectivity index (χ4v) is 1.35. The van der Waals surface area contributed by atoms with Gasteiger partial charge in [-0.15, -0.1) is 0 Å². The van der Waals surface area contributed by atoms with Gasteiger partial charge in [0.1, 0.15) is 0 Å². The second-order valence-electron chi connectivity index (χ2n) is 2.82. The van der Waals surface area contributed by atoms with Crippen LogP contribution in [0.4, 0.5) is 5.69 Å². The average Bonchev–Trinajstić information content (AvgIpc) is 2.04. The molecule has 0 fully saturated rings. The number of nitrogens with two attached hydrogens (primary N) is 1. The highest BCUT2D eigenvalue weighted by atomic mass is 15.0. The van der Waals surface area contributed by atoms with Gasteiger partial charge in [-0.05, 0) is 24.5 Å². The maximum atomic E-state index is 5.72. The molecule has 58 valence electrons. The zero-order valence-electron chi connectivity index (χ0n) is 6.25. The van der Waals surface area contributed by atoms with E-state index in [0.29, 0.717) is 0 Å². The molecule has 1 unspecified atom stereocenters. The Morgan fingerprint density at radius 1 is 1.64 bits per heavy atom. The van der Waals surface area contributed by atoms with Gasteiger partial charge < -0.3 is 11.1 Å². The first-order valence-electron chi connectivity index (χ1n) is 3.81. The summed E-state index contributed by atoms with van der Waals surface area (Å²) in [5.41, 5.74) is 8.13. The predicted octanol–water partition coefficient (Wildman–Crippen LogP) is 0.724. The van der Waals surface area contributed by atoms with Crippen LogP contribution < -0.4 is 11.1 Å². The molecule has 3 N–H and O–H groups in total. The quantitative estimate of drug-likeness (QED) is 0.571. The molecule has 0 aliphatic carbocycles.